The van der Waals surface area contributed by atoms with Crippen molar-refractivity contribution in [2.75, 3.05) is 31.7 Å². The van der Waals surface area contributed by atoms with Gasteiger partial charge in [0.25, 0.3) is 0 Å². The predicted octanol–water partition coefficient (Wildman–Crippen LogP) is -3.76. The molecule has 0 saturated carbocycles. The zero-order valence-corrected chi connectivity index (χ0v) is 34.8. The van der Waals surface area contributed by atoms with Gasteiger partial charge in [0.05, 0.1) is 31.8 Å². The number of carboxylic acids is 2. The number of benzene rings is 2. The Kier molecular flexibility index (Phi) is 22.4. The van der Waals surface area contributed by atoms with Crippen molar-refractivity contribution in [3.8, 4) is 5.75 Å². The topological polar surface area (TPSA) is 365 Å². The van der Waals surface area contributed by atoms with Gasteiger partial charge in [-0.2, -0.15) is 11.8 Å². The van der Waals surface area contributed by atoms with Gasteiger partial charge in [0.1, 0.15) is 36.0 Å². The van der Waals surface area contributed by atoms with Crippen LogP contribution in [-0.4, -0.2) is 153 Å². The maximum Gasteiger partial charge on any atom is 0.326 e. The van der Waals surface area contributed by atoms with Crippen molar-refractivity contribution in [2.24, 2.45) is 5.73 Å². The Bertz CT molecular complexity index is 1850. The quantitative estimate of drug-likeness (QED) is 0.0410. The number of aliphatic hydroxyl groups excluding tert-OH is 2. The van der Waals surface area contributed by atoms with Crippen molar-refractivity contribution in [1.82, 2.24) is 37.2 Å². The largest absolute Gasteiger partial charge is 0.508 e. The number of carbonyl (C=O) groups excluding carboxylic acids is 7. The monoisotopic (exact) mass is 890 g/mol. The van der Waals surface area contributed by atoms with Gasteiger partial charge in [-0.3, -0.25) is 38.4 Å². The lowest BCUT2D eigenvalue weighted by atomic mass is 10.0. The second-order valence-corrected chi connectivity index (χ2v) is 14.9. The summed E-state index contributed by atoms with van der Waals surface area (Å²) < 4.78 is 0. The van der Waals surface area contributed by atoms with E-state index in [1.54, 1.807) is 48.7 Å². The molecule has 62 heavy (non-hydrogen) atoms. The summed E-state index contributed by atoms with van der Waals surface area (Å²) in [5.41, 5.74) is 7.21. The van der Waals surface area contributed by atoms with E-state index in [1.165, 1.54) is 23.9 Å². The van der Waals surface area contributed by atoms with Crippen molar-refractivity contribution < 1.29 is 68.7 Å². The van der Waals surface area contributed by atoms with E-state index >= 15 is 0 Å². The fourth-order valence-corrected chi connectivity index (χ4v) is 5.98. The molecule has 2 aromatic carbocycles. The van der Waals surface area contributed by atoms with E-state index in [2.05, 4.69) is 31.9 Å². The van der Waals surface area contributed by atoms with E-state index in [-0.39, 0.29) is 25.0 Å². The zero-order valence-electron chi connectivity index (χ0n) is 34.0. The second-order valence-electron chi connectivity index (χ2n) is 13.9. The van der Waals surface area contributed by atoms with Crippen LogP contribution in [0.2, 0.25) is 0 Å². The Morgan fingerprint density at radius 3 is 1.79 bits per heavy atom. The summed E-state index contributed by atoms with van der Waals surface area (Å²) in [6.07, 6.45) is -0.957. The Balaban J connectivity index is 2.11. The molecule has 0 radical (unpaired) electrons. The highest BCUT2D eigenvalue weighted by atomic mass is 32.2. The lowest BCUT2D eigenvalue weighted by Gasteiger charge is -2.27. The Morgan fingerprint density at radius 1 is 0.645 bits per heavy atom. The molecular weight excluding hydrogens is 837 g/mol. The van der Waals surface area contributed by atoms with Crippen molar-refractivity contribution in [2.45, 2.75) is 81.4 Å². The molecule has 0 saturated heterocycles. The number of aromatic hydroxyl groups is 1. The molecule has 0 aromatic heterocycles. The van der Waals surface area contributed by atoms with Crippen LogP contribution < -0.4 is 43.0 Å². The third-order valence-electron chi connectivity index (χ3n) is 8.92. The number of nitrogens with one attached hydrogen (secondary N) is 7. The molecule has 23 heteroatoms. The fourth-order valence-electron chi connectivity index (χ4n) is 5.51. The van der Waals surface area contributed by atoms with Crippen LogP contribution in [-0.2, 0) is 56.0 Å². The molecule has 0 aliphatic carbocycles. The summed E-state index contributed by atoms with van der Waals surface area (Å²) in [4.78, 5) is 114. The first-order valence-corrected chi connectivity index (χ1v) is 20.6. The smallest absolute Gasteiger partial charge is 0.326 e. The van der Waals surface area contributed by atoms with Gasteiger partial charge in [-0.25, -0.2) is 4.79 Å². The van der Waals surface area contributed by atoms with Crippen LogP contribution in [0, 0.1) is 0 Å². The predicted molar refractivity (Wildman–Crippen MR) is 222 cm³/mol. The molecule has 0 spiro atoms. The van der Waals surface area contributed by atoms with Crippen LogP contribution in [0.1, 0.15) is 37.3 Å². The second kappa shape index (κ2) is 26.8. The highest BCUT2D eigenvalue weighted by Crippen LogP contribution is 2.11. The molecule has 0 fully saturated rings. The number of amides is 7. The van der Waals surface area contributed by atoms with Gasteiger partial charge < -0.3 is 68.5 Å². The number of phenols is 1. The summed E-state index contributed by atoms with van der Waals surface area (Å²) in [5, 5.41) is 64.2. The number of phenolic OH excluding ortho intramolecular Hbond substituents is 1. The van der Waals surface area contributed by atoms with Gasteiger partial charge in [0, 0.05) is 12.8 Å². The minimum Gasteiger partial charge on any atom is -0.508 e. The summed E-state index contributed by atoms with van der Waals surface area (Å²) in [7, 11) is 0. The average molecular weight is 891 g/mol. The maximum atomic E-state index is 13.8. The minimum atomic E-state index is -1.79. The number of carbonyl (C=O) groups is 9. The van der Waals surface area contributed by atoms with Crippen LogP contribution in [0.25, 0.3) is 0 Å². The van der Waals surface area contributed by atoms with Gasteiger partial charge in [0.15, 0.2) is 0 Å². The third-order valence-corrected chi connectivity index (χ3v) is 9.56. The van der Waals surface area contributed by atoms with Crippen LogP contribution in [0.3, 0.4) is 0 Å². The lowest BCUT2D eigenvalue weighted by Crippen LogP contribution is -2.62. The Morgan fingerprint density at radius 2 is 1.21 bits per heavy atom. The highest BCUT2D eigenvalue weighted by molar-refractivity contribution is 7.98. The molecular formula is C39H54N8O14S. The average Bonchev–Trinajstić information content (AvgIpc) is 3.23. The first kappa shape index (κ1) is 51.8. The molecule has 22 nitrogen and oxygen atoms in total. The van der Waals surface area contributed by atoms with E-state index in [1.807, 2.05) is 5.32 Å². The first-order chi connectivity index (χ1) is 29.3. The maximum absolute atomic E-state index is 13.8. The normalized spacial score (nSPS) is 14.2. The lowest BCUT2D eigenvalue weighted by molar-refractivity contribution is -0.144. The molecule has 14 N–H and O–H groups in total. The van der Waals surface area contributed by atoms with Gasteiger partial charge in [-0.1, -0.05) is 42.5 Å². The van der Waals surface area contributed by atoms with Crippen LogP contribution >= 0.6 is 11.8 Å². The minimum absolute atomic E-state index is 0.00609. The number of rotatable bonds is 27. The Labute approximate surface area is 360 Å². The first-order valence-electron chi connectivity index (χ1n) is 19.2. The van der Waals surface area contributed by atoms with Gasteiger partial charge in [0.2, 0.25) is 41.4 Å². The van der Waals surface area contributed by atoms with Crippen molar-refractivity contribution in [3.05, 3.63) is 65.7 Å². The standard InChI is InChI=1S/C39H54N8O14S/c1-21(49)33(38(59)46-29(20-48)37(58)45-27(39(60)61)12-13-32(53)54)47-35(56)26(14-15-62-2)44-36(57)28(17-22-6-4-3-5-7-22)43-31(52)19-41-30(51)18-42-34(55)25(40)16-23-8-10-24(50)11-9-23/h3-11,21,25-29,33,48-50H,12-20,40H2,1-2H3,(H,41,51)(H,42,55)(H,43,52)(H,44,57)(H,45,58)(H,46,59)(H,47,56)(H,53,54)(H,60,61)/t21-,25+,26+,27+,28+,29+,33+/m1/s1. The number of aliphatic carboxylic acids is 2. The Hall–Kier alpha value is -6.30. The fraction of sp³-hybridized carbons (Fsp3) is 0.462. The van der Waals surface area contributed by atoms with Gasteiger partial charge >= 0.3 is 11.9 Å². The van der Waals surface area contributed by atoms with E-state index in [0.717, 1.165) is 6.92 Å². The molecule has 0 heterocycles. The molecule has 0 aliphatic heterocycles. The van der Waals surface area contributed by atoms with Crippen LogP contribution in [0.4, 0.5) is 0 Å². The molecule has 0 unspecified atom stereocenters. The molecule has 7 atom stereocenters. The molecule has 340 valence electrons. The summed E-state index contributed by atoms with van der Waals surface area (Å²) in [5.74, 6) is -8.91. The van der Waals surface area contributed by atoms with E-state index in [0.29, 0.717) is 16.9 Å². The van der Waals surface area contributed by atoms with Crippen LogP contribution in [0.15, 0.2) is 54.6 Å². The summed E-state index contributed by atoms with van der Waals surface area (Å²) >= 11 is 1.31. The van der Waals surface area contributed by atoms with E-state index in [4.69, 9.17) is 10.8 Å². The zero-order chi connectivity index (χ0) is 46.4. The number of aliphatic hydroxyl groups is 2. The molecule has 2 rings (SSSR count). The summed E-state index contributed by atoms with van der Waals surface area (Å²) in [6, 6.07) is 5.63. The van der Waals surface area contributed by atoms with Gasteiger partial charge in [-0.05, 0) is 61.5 Å². The SMILES string of the molecule is CSCC[C@H](NC(=O)[C@H](Cc1ccccc1)NC(=O)CNC(=O)CNC(=O)[C@@H](N)Cc1ccc(O)cc1)C(=O)N[C@H](C(=O)N[C@@H](CO)C(=O)N[C@@H](CCC(=O)O)C(=O)O)[C@@H](C)O. The third kappa shape index (κ3) is 19.0. The number of carboxylic acid groups (broad SMARTS) is 2. The van der Waals surface area contributed by atoms with Gasteiger partial charge in [-0.15, -0.1) is 0 Å². The summed E-state index contributed by atoms with van der Waals surface area (Å²) in [6.45, 7) is -1.05. The van der Waals surface area contributed by atoms with Crippen molar-refractivity contribution in [3.63, 3.8) is 0 Å². The molecule has 0 aliphatic rings. The number of nitrogens with two attached hydrogens (primary N) is 1. The molecule has 2 aromatic rings. The number of hydrogen-bond donors (Lipinski definition) is 13. The van der Waals surface area contributed by atoms with Crippen LogP contribution in [0.5, 0.6) is 5.75 Å². The highest BCUT2D eigenvalue weighted by Gasteiger charge is 2.34. The van der Waals surface area contributed by atoms with E-state index in [9.17, 15) is 63.6 Å². The molecule has 0 bridgehead atoms. The van der Waals surface area contributed by atoms with Crippen molar-refractivity contribution >= 4 is 65.1 Å². The van der Waals surface area contributed by atoms with Crippen molar-refractivity contribution in [1.29, 1.82) is 0 Å². The number of thioether (sulfide) groups is 1. The molecule has 7 amide bonds. The van der Waals surface area contributed by atoms with E-state index < -0.39 is 128 Å². The number of hydrogen-bond acceptors (Lipinski definition) is 14.